The Balaban J connectivity index is 2.22. The van der Waals surface area contributed by atoms with Crippen LogP contribution in [0, 0.1) is 20.2 Å². The largest absolute Gasteiger partial charge is 0.375 e. The summed E-state index contributed by atoms with van der Waals surface area (Å²) >= 11 is 4.82. The smallest absolute Gasteiger partial charge is 0.299 e. The zero-order valence-corrected chi connectivity index (χ0v) is 12.3. The summed E-state index contributed by atoms with van der Waals surface area (Å²) in [6, 6.07) is 5.43. The van der Waals surface area contributed by atoms with Crippen LogP contribution in [0.1, 0.15) is 4.88 Å². The minimum Gasteiger partial charge on any atom is -0.375 e. The fourth-order valence-electron chi connectivity index (χ4n) is 1.56. The van der Waals surface area contributed by atoms with Gasteiger partial charge >= 0.3 is 0 Å². The molecule has 7 nitrogen and oxygen atoms in total. The van der Waals surface area contributed by atoms with Gasteiger partial charge < -0.3 is 5.32 Å². The van der Waals surface area contributed by atoms with E-state index >= 15 is 0 Å². The van der Waals surface area contributed by atoms with Crippen LogP contribution in [0.2, 0.25) is 0 Å². The third-order valence-corrected chi connectivity index (χ3v) is 4.16. The third kappa shape index (κ3) is 3.31. The Bertz CT molecular complexity index is 673. The standard InChI is InChI=1S/C11H8BrN3O4S/c12-7-3-9(20-6-7)5-13-10-2-1-8(14(16)17)4-11(10)15(18)19/h1-4,6,13H,5H2. The molecule has 0 atom stereocenters. The number of benzene rings is 1. The summed E-state index contributed by atoms with van der Waals surface area (Å²) in [7, 11) is 0. The molecule has 0 aliphatic rings. The maximum absolute atomic E-state index is 11.0. The number of nitro benzene ring substituents is 2. The van der Waals surface area contributed by atoms with Gasteiger partial charge in [0, 0.05) is 27.3 Å². The van der Waals surface area contributed by atoms with E-state index in [4.69, 9.17) is 0 Å². The van der Waals surface area contributed by atoms with Gasteiger partial charge in [0.1, 0.15) is 5.69 Å². The highest BCUT2D eigenvalue weighted by molar-refractivity contribution is 9.10. The first-order valence-electron chi connectivity index (χ1n) is 5.37. The molecule has 0 bridgehead atoms. The Morgan fingerprint density at radius 3 is 2.50 bits per heavy atom. The first-order chi connectivity index (χ1) is 9.47. The van der Waals surface area contributed by atoms with E-state index in [-0.39, 0.29) is 17.1 Å². The number of hydrogen-bond donors (Lipinski definition) is 1. The SMILES string of the molecule is O=[N+]([O-])c1ccc(NCc2cc(Br)cs2)c([N+](=O)[O-])c1. The quantitative estimate of drug-likeness (QED) is 0.645. The molecule has 1 heterocycles. The lowest BCUT2D eigenvalue weighted by atomic mass is 10.2. The summed E-state index contributed by atoms with van der Waals surface area (Å²) in [5, 5.41) is 26.4. The van der Waals surface area contributed by atoms with Crippen molar-refractivity contribution in [2.24, 2.45) is 0 Å². The fraction of sp³-hybridized carbons (Fsp3) is 0.0909. The molecule has 20 heavy (non-hydrogen) atoms. The molecule has 0 spiro atoms. The topological polar surface area (TPSA) is 98.3 Å². The van der Waals surface area contributed by atoms with Gasteiger partial charge in [0.05, 0.1) is 15.9 Å². The molecule has 0 radical (unpaired) electrons. The maximum Gasteiger partial charge on any atom is 0.299 e. The van der Waals surface area contributed by atoms with Crippen molar-refractivity contribution in [1.29, 1.82) is 0 Å². The van der Waals surface area contributed by atoms with Gasteiger partial charge in [-0.2, -0.15) is 0 Å². The first kappa shape index (κ1) is 14.4. The van der Waals surface area contributed by atoms with Crippen LogP contribution in [0.3, 0.4) is 0 Å². The Kier molecular flexibility index (Phi) is 4.30. The Labute approximate surface area is 125 Å². The summed E-state index contributed by atoms with van der Waals surface area (Å²) in [6.45, 7) is 0.412. The number of rotatable bonds is 5. The minimum atomic E-state index is -0.660. The van der Waals surface area contributed by atoms with Crippen molar-refractivity contribution in [3.63, 3.8) is 0 Å². The summed E-state index contributed by atoms with van der Waals surface area (Å²) in [5.74, 6) is 0. The van der Waals surface area contributed by atoms with Crippen LogP contribution >= 0.6 is 27.3 Å². The minimum absolute atomic E-state index is 0.255. The highest BCUT2D eigenvalue weighted by Gasteiger charge is 2.19. The molecule has 1 aromatic heterocycles. The third-order valence-electron chi connectivity index (χ3n) is 2.46. The molecule has 0 unspecified atom stereocenters. The van der Waals surface area contributed by atoms with Crippen molar-refractivity contribution in [2.45, 2.75) is 6.54 Å². The van der Waals surface area contributed by atoms with E-state index in [0.29, 0.717) is 6.54 Å². The van der Waals surface area contributed by atoms with Gasteiger partial charge in [-0.25, -0.2) is 0 Å². The van der Waals surface area contributed by atoms with Gasteiger partial charge in [0.25, 0.3) is 11.4 Å². The molecule has 0 aliphatic heterocycles. The Hall–Kier alpha value is -2.00. The Morgan fingerprint density at radius 2 is 1.95 bits per heavy atom. The van der Waals surface area contributed by atoms with Crippen LogP contribution in [0.4, 0.5) is 17.1 Å². The molecule has 0 saturated heterocycles. The van der Waals surface area contributed by atoms with E-state index in [1.54, 1.807) is 0 Å². The summed E-state index contributed by atoms with van der Waals surface area (Å²) in [4.78, 5) is 21.3. The second kappa shape index (κ2) is 5.97. The van der Waals surface area contributed by atoms with E-state index in [1.165, 1.54) is 23.5 Å². The lowest BCUT2D eigenvalue weighted by molar-refractivity contribution is -0.393. The fourth-order valence-corrected chi connectivity index (χ4v) is 2.95. The number of nitro groups is 2. The van der Waals surface area contributed by atoms with Gasteiger partial charge in [0.2, 0.25) is 0 Å². The molecule has 0 amide bonds. The number of nitrogens with zero attached hydrogens (tertiary/aromatic N) is 2. The van der Waals surface area contributed by atoms with E-state index in [0.717, 1.165) is 15.4 Å². The van der Waals surface area contributed by atoms with E-state index in [1.807, 2.05) is 11.4 Å². The van der Waals surface area contributed by atoms with E-state index in [9.17, 15) is 20.2 Å². The van der Waals surface area contributed by atoms with Crippen LogP contribution in [0.15, 0.2) is 34.1 Å². The van der Waals surface area contributed by atoms with Crippen molar-refractivity contribution in [3.8, 4) is 0 Å². The molecule has 0 aliphatic carbocycles. The molecular formula is C11H8BrN3O4S. The van der Waals surface area contributed by atoms with Gasteiger partial charge in [-0.15, -0.1) is 11.3 Å². The number of non-ortho nitro benzene ring substituents is 1. The number of nitrogens with one attached hydrogen (secondary N) is 1. The van der Waals surface area contributed by atoms with Gasteiger partial charge in [0.15, 0.2) is 0 Å². The van der Waals surface area contributed by atoms with Crippen LogP contribution in [0.25, 0.3) is 0 Å². The molecule has 1 aromatic carbocycles. The van der Waals surface area contributed by atoms with Crippen molar-refractivity contribution < 1.29 is 9.85 Å². The molecular weight excluding hydrogens is 350 g/mol. The number of thiophene rings is 1. The molecule has 104 valence electrons. The summed E-state index contributed by atoms with van der Waals surface area (Å²) in [6.07, 6.45) is 0. The number of halogens is 1. The van der Waals surface area contributed by atoms with Crippen molar-refractivity contribution in [1.82, 2.24) is 0 Å². The molecule has 2 aromatic rings. The molecule has 9 heteroatoms. The maximum atomic E-state index is 11.0. The highest BCUT2D eigenvalue weighted by atomic mass is 79.9. The molecule has 0 saturated carbocycles. The zero-order valence-electron chi connectivity index (χ0n) is 9.91. The zero-order chi connectivity index (χ0) is 14.7. The highest BCUT2D eigenvalue weighted by Crippen LogP contribution is 2.30. The average Bonchev–Trinajstić information content (AvgIpc) is 2.81. The van der Waals surface area contributed by atoms with E-state index in [2.05, 4.69) is 21.2 Å². The van der Waals surface area contributed by atoms with Crippen LogP contribution in [-0.4, -0.2) is 9.85 Å². The average molecular weight is 358 g/mol. The summed E-state index contributed by atoms with van der Waals surface area (Å²) in [5.41, 5.74) is -0.360. The first-order valence-corrected chi connectivity index (χ1v) is 7.04. The Morgan fingerprint density at radius 1 is 1.20 bits per heavy atom. The predicted octanol–water partition coefficient (Wildman–Crippen LogP) is 3.94. The van der Waals surface area contributed by atoms with Gasteiger partial charge in [-0.3, -0.25) is 20.2 Å². The molecule has 1 N–H and O–H groups in total. The number of hydrogen-bond acceptors (Lipinski definition) is 6. The second-order valence-corrected chi connectivity index (χ2v) is 5.71. The van der Waals surface area contributed by atoms with Crippen LogP contribution < -0.4 is 5.32 Å². The van der Waals surface area contributed by atoms with Crippen LogP contribution in [0.5, 0.6) is 0 Å². The van der Waals surface area contributed by atoms with Crippen molar-refractivity contribution >= 4 is 44.3 Å². The van der Waals surface area contributed by atoms with Crippen LogP contribution in [-0.2, 0) is 6.54 Å². The normalized spacial score (nSPS) is 10.2. The van der Waals surface area contributed by atoms with Gasteiger partial charge in [-0.1, -0.05) is 0 Å². The van der Waals surface area contributed by atoms with Crippen molar-refractivity contribution in [3.05, 3.63) is 59.2 Å². The van der Waals surface area contributed by atoms with Crippen molar-refractivity contribution in [2.75, 3.05) is 5.32 Å². The molecule has 0 fully saturated rings. The summed E-state index contributed by atoms with van der Waals surface area (Å²) < 4.78 is 0.942. The monoisotopic (exact) mass is 357 g/mol. The number of anilines is 1. The van der Waals surface area contributed by atoms with Gasteiger partial charge in [-0.05, 0) is 28.1 Å². The lowest BCUT2D eigenvalue weighted by Crippen LogP contribution is -2.02. The van der Waals surface area contributed by atoms with E-state index < -0.39 is 9.85 Å². The predicted molar refractivity (Wildman–Crippen MR) is 79.1 cm³/mol. The second-order valence-electron chi connectivity index (χ2n) is 3.80. The lowest BCUT2D eigenvalue weighted by Gasteiger charge is -2.05. The molecule has 2 rings (SSSR count).